The monoisotopic (exact) mass is 423 g/mol. The van der Waals surface area contributed by atoms with Gasteiger partial charge in [-0.2, -0.15) is 0 Å². The van der Waals surface area contributed by atoms with Crippen molar-refractivity contribution >= 4 is 17.4 Å². The normalized spacial score (nSPS) is 35.8. The Hall–Kier alpha value is -2.19. The van der Waals surface area contributed by atoms with Crippen LogP contribution < -0.4 is 15.5 Å². The zero-order chi connectivity index (χ0) is 21.0. The smallest absolute Gasteiger partial charge is 0.228 e. The molecule has 1 unspecified atom stereocenters. The first kappa shape index (κ1) is 19.5. The maximum Gasteiger partial charge on any atom is 0.228 e. The number of carbonyl (C=O) groups is 1. The van der Waals surface area contributed by atoms with Gasteiger partial charge < -0.3 is 20.4 Å². The van der Waals surface area contributed by atoms with Gasteiger partial charge in [-0.1, -0.05) is 0 Å². The topological polar surface area (TPSA) is 77.8 Å². The number of anilines is 1. The van der Waals surface area contributed by atoms with Crippen molar-refractivity contribution < 1.29 is 4.79 Å². The quantitative estimate of drug-likeness (QED) is 0.771. The summed E-state index contributed by atoms with van der Waals surface area (Å²) < 4.78 is 2.13. The van der Waals surface area contributed by atoms with E-state index < -0.39 is 0 Å². The number of aromatic nitrogens is 3. The van der Waals surface area contributed by atoms with Gasteiger partial charge >= 0.3 is 0 Å². The Morgan fingerprint density at radius 3 is 2.87 bits per heavy atom. The van der Waals surface area contributed by atoms with Crippen molar-refractivity contribution in [2.45, 2.75) is 44.2 Å². The van der Waals surface area contributed by atoms with Gasteiger partial charge in [-0.3, -0.25) is 14.2 Å². The fraction of sp³-hybridized carbons (Fsp3) is 0.696. The summed E-state index contributed by atoms with van der Waals surface area (Å²) in [5.74, 6) is 2.42. The summed E-state index contributed by atoms with van der Waals surface area (Å²) in [4.78, 5) is 27.3. The van der Waals surface area contributed by atoms with Gasteiger partial charge in [0.15, 0.2) is 5.65 Å². The van der Waals surface area contributed by atoms with E-state index in [4.69, 9.17) is 0 Å². The first-order chi connectivity index (χ1) is 15.1. The average molecular weight is 424 g/mol. The minimum Gasteiger partial charge on any atom is -0.356 e. The number of piperidine rings is 3. The third kappa shape index (κ3) is 3.14. The van der Waals surface area contributed by atoms with Crippen LogP contribution in [0, 0.1) is 17.3 Å². The van der Waals surface area contributed by atoms with E-state index in [9.17, 15) is 4.79 Å². The number of hydrogen-bond donors (Lipinski definition) is 2. The van der Waals surface area contributed by atoms with E-state index in [0.717, 1.165) is 63.5 Å². The number of likely N-dealkylation sites (N-methyl/N-ethyl adjacent to an activating group) is 1. The van der Waals surface area contributed by atoms with Crippen LogP contribution in [0.2, 0.25) is 0 Å². The van der Waals surface area contributed by atoms with E-state index in [0.29, 0.717) is 23.8 Å². The van der Waals surface area contributed by atoms with Crippen molar-refractivity contribution in [1.29, 1.82) is 0 Å². The minimum atomic E-state index is -0.229. The molecule has 4 aliphatic rings. The fourth-order valence-corrected chi connectivity index (χ4v) is 6.78. The maximum absolute atomic E-state index is 13.7. The molecule has 5 atom stereocenters. The van der Waals surface area contributed by atoms with Crippen molar-refractivity contribution in [3.05, 3.63) is 24.8 Å². The molecule has 166 valence electrons. The summed E-state index contributed by atoms with van der Waals surface area (Å²) in [5, 5.41) is 7.27. The van der Waals surface area contributed by atoms with Crippen LogP contribution in [0.25, 0.3) is 5.65 Å². The molecule has 1 aliphatic carbocycles. The van der Waals surface area contributed by atoms with E-state index >= 15 is 0 Å². The lowest BCUT2D eigenvalue weighted by atomic mass is 9.68. The van der Waals surface area contributed by atoms with Gasteiger partial charge in [-0.05, 0) is 64.1 Å². The number of imidazole rings is 1. The van der Waals surface area contributed by atoms with Gasteiger partial charge in [0.1, 0.15) is 5.82 Å². The standard InChI is InChI=1S/C23H33N7O/c1-28-9-6-23(5-2-7-25-18(23)15-28)22(31)27-21-16-3-4-17(21)14-29(13-16)20-12-24-11-19-26-8-10-30(19)20/h8,10-12,16-18,21,25H,2-7,9,13-15H2,1H3,(H,27,31)/t16-,17+,18-,21?,23+/m0/s1. The Kier molecular flexibility index (Phi) is 4.68. The van der Waals surface area contributed by atoms with Crippen LogP contribution >= 0.6 is 0 Å². The van der Waals surface area contributed by atoms with Crippen LogP contribution in [0.4, 0.5) is 5.82 Å². The molecule has 2 aromatic heterocycles. The Labute approximate surface area is 183 Å². The molecule has 0 aromatic carbocycles. The van der Waals surface area contributed by atoms with Crippen molar-refractivity contribution in [3.63, 3.8) is 0 Å². The van der Waals surface area contributed by atoms with Crippen LogP contribution in [-0.4, -0.2) is 77.0 Å². The number of nitrogens with one attached hydrogen (secondary N) is 2. The molecule has 8 nitrogen and oxygen atoms in total. The summed E-state index contributed by atoms with van der Waals surface area (Å²) in [6.45, 7) is 4.96. The number of likely N-dealkylation sites (tertiary alicyclic amines) is 1. The summed E-state index contributed by atoms with van der Waals surface area (Å²) in [7, 11) is 2.17. The second-order valence-electron chi connectivity index (χ2n) is 10.2. The van der Waals surface area contributed by atoms with Gasteiger partial charge in [-0.15, -0.1) is 0 Å². The van der Waals surface area contributed by atoms with Gasteiger partial charge in [0.05, 0.1) is 17.8 Å². The van der Waals surface area contributed by atoms with Crippen molar-refractivity contribution in [1.82, 2.24) is 29.9 Å². The Bertz CT molecular complexity index is 962. The summed E-state index contributed by atoms with van der Waals surface area (Å²) in [5.41, 5.74) is 0.658. The molecule has 8 heteroatoms. The fourth-order valence-electron chi connectivity index (χ4n) is 6.78. The Morgan fingerprint density at radius 2 is 2.03 bits per heavy atom. The van der Waals surface area contributed by atoms with Crippen molar-refractivity contribution in [2.24, 2.45) is 17.3 Å². The molecule has 0 spiro atoms. The van der Waals surface area contributed by atoms with Gasteiger partial charge in [0.2, 0.25) is 5.91 Å². The van der Waals surface area contributed by atoms with Crippen LogP contribution in [-0.2, 0) is 4.79 Å². The Balaban J connectivity index is 1.20. The number of nitrogens with zero attached hydrogens (tertiary/aromatic N) is 5. The molecule has 3 saturated heterocycles. The SMILES string of the molecule is CN1CC[C@]2(C(=O)NC3[C@@H]4CC[C@H]3CN(c3cncc5nccn35)C4)CCCN[C@H]2C1. The number of amides is 1. The summed E-state index contributed by atoms with van der Waals surface area (Å²) in [6, 6.07) is 0.581. The number of carbonyl (C=O) groups excluding carboxylic acids is 1. The number of rotatable bonds is 3. The second-order valence-corrected chi connectivity index (χ2v) is 10.2. The summed E-state index contributed by atoms with van der Waals surface area (Å²) >= 11 is 0. The highest BCUT2D eigenvalue weighted by Crippen LogP contribution is 2.42. The molecule has 1 amide bonds. The van der Waals surface area contributed by atoms with E-state index in [2.05, 4.69) is 41.8 Å². The summed E-state index contributed by atoms with van der Waals surface area (Å²) in [6.07, 6.45) is 13.1. The highest BCUT2D eigenvalue weighted by molar-refractivity contribution is 5.84. The third-order valence-corrected chi connectivity index (χ3v) is 8.50. The third-order valence-electron chi connectivity index (χ3n) is 8.50. The lowest BCUT2D eigenvalue weighted by molar-refractivity contribution is -0.139. The molecule has 2 aromatic rings. The van der Waals surface area contributed by atoms with Crippen LogP contribution in [0.5, 0.6) is 0 Å². The lowest BCUT2D eigenvalue weighted by Crippen LogP contribution is -2.66. The molecule has 2 bridgehead atoms. The average Bonchev–Trinajstić information content (AvgIpc) is 3.34. The van der Waals surface area contributed by atoms with E-state index in [1.807, 2.05) is 18.6 Å². The van der Waals surface area contributed by atoms with Gasteiger partial charge in [-0.25, -0.2) is 4.98 Å². The molecule has 0 radical (unpaired) electrons. The van der Waals surface area contributed by atoms with Gasteiger partial charge in [0, 0.05) is 44.1 Å². The molecular formula is C23H33N7O. The van der Waals surface area contributed by atoms with E-state index in [1.165, 1.54) is 12.8 Å². The molecule has 1 saturated carbocycles. The van der Waals surface area contributed by atoms with Crippen LogP contribution in [0.15, 0.2) is 24.8 Å². The largest absolute Gasteiger partial charge is 0.356 e. The van der Waals surface area contributed by atoms with Crippen molar-refractivity contribution in [3.8, 4) is 0 Å². The first-order valence-corrected chi connectivity index (χ1v) is 11.9. The second kappa shape index (κ2) is 7.45. The highest BCUT2D eigenvalue weighted by Gasteiger charge is 2.51. The minimum absolute atomic E-state index is 0.229. The molecule has 2 N–H and O–H groups in total. The number of fused-ring (bicyclic) bond motifs is 4. The lowest BCUT2D eigenvalue weighted by Gasteiger charge is -2.50. The molecule has 4 fully saturated rings. The molecular weight excluding hydrogens is 390 g/mol. The highest BCUT2D eigenvalue weighted by atomic mass is 16.2. The van der Waals surface area contributed by atoms with Crippen molar-refractivity contribution in [2.75, 3.05) is 44.7 Å². The molecule has 31 heavy (non-hydrogen) atoms. The maximum atomic E-state index is 13.7. The zero-order valence-corrected chi connectivity index (χ0v) is 18.3. The van der Waals surface area contributed by atoms with E-state index in [1.54, 1.807) is 6.20 Å². The molecule has 3 aliphatic heterocycles. The predicted molar refractivity (Wildman–Crippen MR) is 119 cm³/mol. The van der Waals surface area contributed by atoms with Gasteiger partial charge in [0.25, 0.3) is 0 Å². The zero-order valence-electron chi connectivity index (χ0n) is 18.3. The Morgan fingerprint density at radius 1 is 1.19 bits per heavy atom. The van der Waals surface area contributed by atoms with E-state index in [-0.39, 0.29) is 11.5 Å². The first-order valence-electron chi connectivity index (χ1n) is 11.9. The molecule has 5 heterocycles. The predicted octanol–water partition coefficient (Wildman–Crippen LogP) is 1.13. The molecule has 6 rings (SSSR count). The van der Waals surface area contributed by atoms with Crippen LogP contribution in [0.1, 0.15) is 32.1 Å². The van der Waals surface area contributed by atoms with Crippen LogP contribution in [0.3, 0.4) is 0 Å². The number of hydrogen-bond acceptors (Lipinski definition) is 6.